The van der Waals surface area contributed by atoms with Gasteiger partial charge < -0.3 is 19.8 Å². The van der Waals surface area contributed by atoms with Gasteiger partial charge in [-0.05, 0) is 49.4 Å². The van der Waals surface area contributed by atoms with E-state index in [1.807, 2.05) is 17.2 Å². The quantitative estimate of drug-likeness (QED) is 0.611. The van der Waals surface area contributed by atoms with Crippen molar-refractivity contribution < 1.29 is 14.7 Å². The molecule has 8 nitrogen and oxygen atoms in total. The number of hydrogen-bond donors (Lipinski definition) is 1. The zero-order valence-corrected chi connectivity index (χ0v) is 21.2. The van der Waals surface area contributed by atoms with Gasteiger partial charge in [-0.2, -0.15) is 0 Å². The van der Waals surface area contributed by atoms with Crippen LogP contribution in [0.3, 0.4) is 0 Å². The second-order valence-electron chi connectivity index (χ2n) is 10.4. The number of rotatable bonds is 8. The number of carbonyl (C=O) groups excluding carboxylic acids is 2. The maximum Gasteiger partial charge on any atom is 0.320 e. The highest BCUT2D eigenvalue weighted by Gasteiger charge is 2.31. The maximum atomic E-state index is 13.0. The molecule has 5 rings (SSSR count). The number of ketones is 1. The Balaban J connectivity index is 1.08. The first kappa shape index (κ1) is 24.7. The van der Waals surface area contributed by atoms with E-state index in [0.717, 1.165) is 56.8 Å². The van der Waals surface area contributed by atoms with Crippen molar-refractivity contribution in [3.05, 3.63) is 59.4 Å². The van der Waals surface area contributed by atoms with Crippen LogP contribution in [-0.4, -0.2) is 88.5 Å². The predicted octanol–water partition coefficient (Wildman–Crippen LogP) is 2.54. The van der Waals surface area contributed by atoms with E-state index in [1.54, 1.807) is 11.8 Å². The molecule has 4 heterocycles. The summed E-state index contributed by atoms with van der Waals surface area (Å²) < 4.78 is 0. The summed E-state index contributed by atoms with van der Waals surface area (Å²) in [5.41, 5.74) is 4.66. The number of nitrogens with zero attached hydrogens (tertiary/aromatic N) is 5. The summed E-state index contributed by atoms with van der Waals surface area (Å²) in [6.45, 7) is 7.89. The van der Waals surface area contributed by atoms with Crippen LogP contribution >= 0.6 is 0 Å². The van der Waals surface area contributed by atoms with Crippen LogP contribution in [0.5, 0.6) is 0 Å². The third-order valence-electron chi connectivity index (χ3n) is 7.89. The molecule has 36 heavy (non-hydrogen) atoms. The van der Waals surface area contributed by atoms with Crippen LogP contribution in [0.2, 0.25) is 0 Å². The average Bonchev–Trinajstić information content (AvgIpc) is 3.22. The summed E-state index contributed by atoms with van der Waals surface area (Å²) in [5, 5.41) is 10.7. The molecule has 1 N–H and O–H groups in total. The Bertz CT molecular complexity index is 1070. The molecule has 0 spiro atoms. The second kappa shape index (κ2) is 11.0. The van der Waals surface area contributed by atoms with Crippen molar-refractivity contribution >= 4 is 17.5 Å². The SMILES string of the molecule is CC(=O)C1CCN(c2ccc(CN3CCN(CC(O)CN4CCc5ccccc5C4)C3=O)nc2)CC1. The molecular weight excluding hydrogens is 454 g/mol. The monoisotopic (exact) mass is 491 g/mol. The van der Waals surface area contributed by atoms with Crippen molar-refractivity contribution in [3.63, 3.8) is 0 Å². The number of benzene rings is 1. The van der Waals surface area contributed by atoms with E-state index in [9.17, 15) is 14.7 Å². The van der Waals surface area contributed by atoms with Gasteiger partial charge >= 0.3 is 6.03 Å². The Hall–Kier alpha value is -2.97. The first-order chi connectivity index (χ1) is 17.5. The Morgan fingerprint density at radius 1 is 1.00 bits per heavy atom. The van der Waals surface area contributed by atoms with Crippen molar-refractivity contribution in [2.75, 3.05) is 50.7 Å². The van der Waals surface area contributed by atoms with Gasteiger partial charge in [0, 0.05) is 58.3 Å². The largest absolute Gasteiger partial charge is 0.390 e. The Labute approximate surface area is 213 Å². The lowest BCUT2D eigenvalue weighted by Crippen LogP contribution is -2.43. The van der Waals surface area contributed by atoms with Crippen LogP contribution in [0.1, 0.15) is 36.6 Å². The van der Waals surface area contributed by atoms with E-state index in [-0.39, 0.29) is 17.7 Å². The van der Waals surface area contributed by atoms with E-state index in [0.29, 0.717) is 32.7 Å². The summed E-state index contributed by atoms with van der Waals surface area (Å²) in [7, 11) is 0. The van der Waals surface area contributed by atoms with Crippen LogP contribution in [0.15, 0.2) is 42.6 Å². The molecule has 0 radical (unpaired) electrons. The fourth-order valence-electron chi connectivity index (χ4n) is 5.71. The standard InChI is InChI=1S/C28H37N5O3/c1-21(34)22-9-12-31(13-10-22)26-7-6-25(29-16-26)18-32-14-15-33(28(32)36)20-27(35)19-30-11-8-23-4-2-3-5-24(23)17-30/h2-7,16,22,27,35H,8-15,17-20H2,1H3. The van der Waals surface area contributed by atoms with Gasteiger partial charge in [-0.15, -0.1) is 0 Å². The van der Waals surface area contributed by atoms with Crippen molar-refractivity contribution in [1.82, 2.24) is 19.7 Å². The van der Waals surface area contributed by atoms with Crippen LogP contribution in [-0.2, 0) is 24.3 Å². The predicted molar refractivity (Wildman–Crippen MR) is 139 cm³/mol. The number of aromatic nitrogens is 1. The fourth-order valence-corrected chi connectivity index (χ4v) is 5.71. The molecule has 2 fully saturated rings. The molecular formula is C28H37N5O3. The van der Waals surface area contributed by atoms with E-state index < -0.39 is 6.10 Å². The summed E-state index contributed by atoms with van der Waals surface area (Å²) in [6.07, 6.45) is 4.10. The second-order valence-corrected chi connectivity index (χ2v) is 10.4. The lowest BCUT2D eigenvalue weighted by atomic mass is 9.93. The van der Waals surface area contributed by atoms with Gasteiger partial charge in [0.05, 0.1) is 30.2 Å². The van der Waals surface area contributed by atoms with Crippen LogP contribution < -0.4 is 4.90 Å². The minimum Gasteiger partial charge on any atom is -0.390 e. The van der Waals surface area contributed by atoms with Crippen molar-refractivity contribution in [2.45, 2.75) is 45.4 Å². The van der Waals surface area contributed by atoms with Crippen molar-refractivity contribution in [2.24, 2.45) is 5.92 Å². The van der Waals surface area contributed by atoms with E-state index >= 15 is 0 Å². The fraction of sp³-hybridized carbons (Fsp3) is 0.536. The van der Waals surface area contributed by atoms with E-state index in [1.165, 1.54) is 11.1 Å². The molecule has 1 unspecified atom stereocenters. The number of Topliss-reactive ketones (excluding diaryl/α,β-unsaturated/α-hetero) is 1. The number of hydrogen-bond acceptors (Lipinski definition) is 6. The van der Waals surface area contributed by atoms with Crippen molar-refractivity contribution in [3.8, 4) is 0 Å². The summed E-state index contributed by atoms with van der Waals surface area (Å²) in [6, 6.07) is 12.5. The normalized spacial score (nSPS) is 20.1. The highest BCUT2D eigenvalue weighted by atomic mass is 16.3. The van der Waals surface area contributed by atoms with Crippen LogP contribution in [0, 0.1) is 5.92 Å². The number of β-amino-alcohol motifs (C(OH)–C–C–N with tert-alkyl or cyclic N) is 1. The Morgan fingerprint density at radius 3 is 2.47 bits per heavy atom. The molecule has 3 aliphatic rings. The topological polar surface area (TPSA) is 80.2 Å². The number of aliphatic hydroxyl groups is 1. The van der Waals surface area contributed by atoms with Gasteiger partial charge in [0.1, 0.15) is 5.78 Å². The third-order valence-corrected chi connectivity index (χ3v) is 7.89. The molecule has 0 bridgehead atoms. The zero-order chi connectivity index (χ0) is 25.1. The highest BCUT2D eigenvalue weighted by molar-refractivity contribution is 5.78. The molecule has 2 amide bonds. The van der Waals surface area contributed by atoms with Gasteiger partial charge in [-0.1, -0.05) is 24.3 Å². The number of pyridine rings is 1. The van der Waals surface area contributed by atoms with E-state index in [2.05, 4.69) is 45.1 Å². The molecule has 3 aliphatic heterocycles. The molecule has 2 saturated heterocycles. The Kier molecular flexibility index (Phi) is 7.53. The van der Waals surface area contributed by atoms with Gasteiger partial charge in [0.25, 0.3) is 0 Å². The number of carbonyl (C=O) groups is 2. The third kappa shape index (κ3) is 5.71. The molecule has 8 heteroatoms. The van der Waals surface area contributed by atoms with Gasteiger partial charge in [0.15, 0.2) is 0 Å². The number of piperidine rings is 1. The molecule has 1 aromatic heterocycles. The minimum absolute atomic E-state index is 0.0322. The lowest BCUT2D eigenvalue weighted by molar-refractivity contribution is -0.121. The van der Waals surface area contributed by atoms with E-state index in [4.69, 9.17) is 0 Å². The smallest absolute Gasteiger partial charge is 0.320 e. The van der Waals surface area contributed by atoms with Crippen molar-refractivity contribution in [1.29, 1.82) is 0 Å². The molecule has 2 aromatic rings. The lowest BCUT2D eigenvalue weighted by Gasteiger charge is -2.32. The van der Waals surface area contributed by atoms with Gasteiger partial charge in [-0.3, -0.25) is 14.7 Å². The van der Waals surface area contributed by atoms with Gasteiger partial charge in [0.2, 0.25) is 0 Å². The maximum absolute atomic E-state index is 13.0. The minimum atomic E-state index is -0.566. The molecule has 1 aromatic carbocycles. The first-order valence-electron chi connectivity index (χ1n) is 13.2. The van der Waals surface area contributed by atoms with Crippen LogP contribution in [0.25, 0.3) is 0 Å². The van der Waals surface area contributed by atoms with Crippen LogP contribution in [0.4, 0.5) is 10.5 Å². The number of anilines is 1. The number of aliphatic hydroxyl groups excluding tert-OH is 1. The Morgan fingerprint density at radius 2 is 1.75 bits per heavy atom. The number of amides is 2. The van der Waals surface area contributed by atoms with Gasteiger partial charge in [-0.25, -0.2) is 4.79 Å². The average molecular weight is 492 g/mol. The molecule has 0 aliphatic carbocycles. The number of fused-ring (bicyclic) bond motifs is 1. The molecule has 1 atom stereocenters. The summed E-state index contributed by atoms with van der Waals surface area (Å²) in [5.74, 6) is 0.477. The zero-order valence-electron chi connectivity index (χ0n) is 21.2. The molecule has 0 saturated carbocycles. The highest BCUT2D eigenvalue weighted by Crippen LogP contribution is 2.24. The summed E-state index contributed by atoms with van der Waals surface area (Å²) in [4.78, 5) is 37.3. The number of urea groups is 1. The summed E-state index contributed by atoms with van der Waals surface area (Å²) >= 11 is 0. The molecule has 192 valence electrons. The first-order valence-corrected chi connectivity index (χ1v) is 13.2.